The van der Waals surface area contributed by atoms with Crippen molar-refractivity contribution in [1.29, 1.82) is 0 Å². The van der Waals surface area contributed by atoms with Crippen molar-refractivity contribution >= 4 is 11.6 Å². The van der Waals surface area contributed by atoms with Crippen molar-refractivity contribution in [3.05, 3.63) is 112 Å². The molecule has 170 valence electrons. The summed E-state index contributed by atoms with van der Waals surface area (Å²) < 4.78 is 10.3. The summed E-state index contributed by atoms with van der Waals surface area (Å²) in [6, 6.07) is 23.1. The normalized spacial score (nSPS) is 9.89. The third-order valence-corrected chi connectivity index (χ3v) is 5.33. The fourth-order valence-corrected chi connectivity index (χ4v) is 3.42. The monoisotopic (exact) mass is 477 g/mol. The average Bonchev–Trinajstić information content (AvgIpc) is 3.46. The van der Waals surface area contributed by atoms with Crippen molar-refractivity contribution in [3.8, 4) is 46.7 Å². The predicted molar refractivity (Wildman–Crippen MR) is 137 cm³/mol. The maximum absolute atomic E-state index is 6.06. The van der Waals surface area contributed by atoms with Crippen LogP contribution in [0.2, 0.25) is 5.02 Å². The second-order valence-corrected chi connectivity index (χ2v) is 7.79. The number of pyridine rings is 1. The van der Waals surface area contributed by atoms with Crippen LogP contribution in [0.25, 0.3) is 22.5 Å². The highest BCUT2D eigenvalue weighted by Gasteiger charge is 2.13. The first kappa shape index (κ1) is 23.6. The van der Waals surface area contributed by atoms with Crippen LogP contribution in [0.15, 0.2) is 88.0 Å². The summed E-state index contributed by atoms with van der Waals surface area (Å²) in [6.07, 6.45) is 7.04. The summed E-state index contributed by atoms with van der Waals surface area (Å²) in [5.41, 5.74) is 5.44. The van der Waals surface area contributed by atoms with Gasteiger partial charge in [0.1, 0.15) is 28.6 Å². The first-order valence-electron chi connectivity index (χ1n) is 10.7. The lowest BCUT2D eigenvalue weighted by atomic mass is 10.1. The zero-order chi connectivity index (χ0) is 24.6. The van der Waals surface area contributed by atoms with Crippen LogP contribution in [0.4, 0.5) is 0 Å². The molecule has 3 aromatic heterocycles. The van der Waals surface area contributed by atoms with E-state index in [1.165, 1.54) is 0 Å². The molecule has 0 N–H and O–H groups in total. The minimum atomic E-state index is 0.528. The van der Waals surface area contributed by atoms with E-state index in [9.17, 15) is 0 Å². The summed E-state index contributed by atoms with van der Waals surface area (Å²) >= 11 is 6.06. The molecule has 0 amide bonds. The Kier molecular flexibility index (Phi) is 7.43. The molecule has 35 heavy (non-hydrogen) atoms. The number of nitrogens with zero attached hydrogens (tertiary/aromatic N) is 3. The van der Waals surface area contributed by atoms with Crippen molar-refractivity contribution in [2.45, 2.75) is 13.8 Å². The van der Waals surface area contributed by atoms with Crippen LogP contribution in [0.1, 0.15) is 28.3 Å². The number of hydrogen-bond donors (Lipinski definition) is 0. The Bertz CT molecular complexity index is 1540. The van der Waals surface area contributed by atoms with Gasteiger partial charge in [0.05, 0.1) is 16.1 Å². The molecule has 0 fully saturated rings. The highest BCUT2D eigenvalue weighted by atomic mass is 35.5. The highest BCUT2D eigenvalue weighted by Crippen LogP contribution is 2.25. The fourth-order valence-electron chi connectivity index (χ4n) is 3.25. The van der Waals surface area contributed by atoms with Crippen LogP contribution >= 0.6 is 11.6 Å². The summed E-state index contributed by atoms with van der Waals surface area (Å²) in [7, 11) is 0. The zero-order valence-electron chi connectivity index (χ0n) is 19.1. The van der Waals surface area contributed by atoms with E-state index in [0.717, 1.165) is 33.6 Å². The molecule has 5 nitrogen and oxygen atoms in total. The third kappa shape index (κ3) is 5.50. The molecule has 0 atom stereocenters. The van der Waals surface area contributed by atoms with Gasteiger partial charge in [0, 0.05) is 17.3 Å². The van der Waals surface area contributed by atoms with Gasteiger partial charge in [0.25, 0.3) is 0 Å². The van der Waals surface area contributed by atoms with E-state index in [1.807, 2.05) is 74.5 Å². The molecule has 0 radical (unpaired) electrons. The van der Waals surface area contributed by atoms with Gasteiger partial charge in [0.2, 0.25) is 0 Å². The number of hydrogen-bond acceptors (Lipinski definition) is 5. The molecule has 0 aliphatic heterocycles. The second kappa shape index (κ2) is 11.0. The largest absolute Gasteiger partial charge is 0.360 e. The van der Waals surface area contributed by atoms with E-state index >= 15 is 0 Å². The Hall–Kier alpha value is -4.58. The minimum absolute atomic E-state index is 0.528. The average molecular weight is 478 g/mol. The second-order valence-electron chi connectivity index (χ2n) is 7.38. The Morgan fingerprint density at radius 1 is 0.714 bits per heavy atom. The molecule has 0 bridgehead atoms. The van der Waals surface area contributed by atoms with E-state index in [0.29, 0.717) is 22.2 Å². The molecule has 0 spiro atoms. The van der Waals surface area contributed by atoms with Gasteiger partial charge in [-0.1, -0.05) is 94.4 Å². The molecule has 5 rings (SSSR count). The smallest absolute Gasteiger partial charge is 0.149 e. The number of aryl methyl sites for hydroxylation is 2. The predicted octanol–water partition coefficient (Wildman–Crippen LogP) is 6.73. The van der Waals surface area contributed by atoms with Gasteiger partial charge < -0.3 is 9.05 Å². The van der Waals surface area contributed by atoms with Crippen LogP contribution in [0.5, 0.6) is 0 Å². The molecular formula is C29H20ClN3O2. The van der Waals surface area contributed by atoms with Crippen LogP contribution in [0, 0.1) is 38.0 Å². The summed E-state index contributed by atoms with van der Waals surface area (Å²) in [5.74, 6) is 9.98. The maximum atomic E-state index is 6.06. The lowest BCUT2D eigenvalue weighted by Crippen LogP contribution is -1.85. The van der Waals surface area contributed by atoms with Crippen molar-refractivity contribution in [1.82, 2.24) is 15.3 Å². The Balaban J connectivity index is 0.000000179. The number of aromatic nitrogens is 3. The van der Waals surface area contributed by atoms with Crippen LogP contribution in [0.3, 0.4) is 0 Å². The third-order valence-electron chi connectivity index (χ3n) is 5.03. The topological polar surface area (TPSA) is 65.0 Å². The van der Waals surface area contributed by atoms with Gasteiger partial charge in [-0.15, -0.1) is 6.42 Å². The van der Waals surface area contributed by atoms with Crippen LogP contribution in [-0.2, 0) is 0 Å². The molecule has 0 saturated carbocycles. The van der Waals surface area contributed by atoms with Crippen molar-refractivity contribution < 1.29 is 9.05 Å². The molecule has 6 heteroatoms. The van der Waals surface area contributed by atoms with E-state index in [4.69, 9.17) is 27.1 Å². The van der Waals surface area contributed by atoms with Gasteiger partial charge in [0.15, 0.2) is 0 Å². The number of rotatable bonds is 2. The van der Waals surface area contributed by atoms with Gasteiger partial charge in [-0.3, -0.25) is 0 Å². The van der Waals surface area contributed by atoms with Gasteiger partial charge in [-0.25, -0.2) is 4.98 Å². The molecule has 2 aromatic carbocycles. The van der Waals surface area contributed by atoms with E-state index in [2.05, 4.69) is 33.1 Å². The molecule has 3 heterocycles. The number of benzene rings is 2. The van der Waals surface area contributed by atoms with Crippen molar-refractivity contribution in [2.75, 3.05) is 0 Å². The Labute approximate surface area is 208 Å². The van der Waals surface area contributed by atoms with Crippen molar-refractivity contribution in [2.24, 2.45) is 0 Å². The molecular weight excluding hydrogens is 458 g/mol. The number of terminal acetylenes is 1. The lowest BCUT2D eigenvalue weighted by molar-refractivity contribution is 0.399. The Morgan fingerprint density at radius 2 is 1.26 bits per heavy atom. The van der Waals surface area contributed by atoms with Crippen molar-refractivity contribution in [3.63, 3.8) is 0 Å². The molecule has 0 unspecified atom stereocenters. The van der Waals surface area contributed by atoms with Gasteiger partial charge in [-0.2, -0.15) is 0 Å². The van der Waals surface area contributed by atoms with E-state index in [-0.39, 0.29) is 0 Å². The summed E-state index contributed by atoms with van der Waals surface area (Å²) in [4.78, 5) is 4.15. The highest BCUT2D eigenvalue weighted by molar-refractivity contribution is 6.31. The first-order valence-corrected chi connectivity index (χ1v) is 11.1. The van der Waals surface area contributed by atoms with Crippen LogP contribution < -0.4 is 0 Å². The SMILES string of the molecule is C#Cc1c(-c2ccccc2)noc1C.Cc1onc(-c2ccccc2)c1C#Cc1ncccc1Cl. The number of halogens is 1. The molecule has 0 saturated heterocycles. The van der Waals surface area contributed by atoms with Gasteiger partial charge in [-0.05, 0) is 31.9 Å². The van der Waals surface area contributed by atoms with E-state index < -0.39 is 0 Å². The molecule has 0 aliphatic rings. The van der Waals surface area contributed by atoms with Gasteiger partial charge >= 0.3 is 0 Å². The first-order chi connectivity index (χ1) is 17.1. The summed E-state index contributed by atoms with van der Waals surface area (Å²) in [6.45, 7) is 3.65. The zero-order valence-corrected chi connectivity index (χ0v) is 19.9. The quantitative estimate of drug-likeness (QED) is 0.264. The Morgan fingerprint density at radius 3 is 1.80 bits per heavy atom. The standard InChI is InChI=1S/C17H11ClN2O.C12H9NO/c1-12-14(9-10-16-15(18)8-5-11-19-16)17(20-21-12)13-6-3-2-4-7-13;1-3-11-9(2)14-13-12(11)10-7-5-4-6-8-10/h2-8,11H,1H3;1,4-8H,2H3. The molecule has 5 aromatic rings. The lowest BCUT2D eigenvalue weighted by Gasteiger charge is -1.96. The maximum Gasteiger partial charge on any atom is 0.149 e. The summed E-state index contributed by atoms with van der Waals surface area (Å²) in [5, 5.41) is 8.56. The fraction of sp³-hybridized carbons (Fsp3) is 0.0690. The van der Waals surface area contributed by atoms with Crippen LogP contribution in [-0.4, -0.2) is 15.3 Å². The van der Waals surface area contributed by atoms with E-state index in [1.54, 1.807) is 18.3 Å². The minimum Gasteiger partial charge on any atom is -0.360 e. The molecule has 0 aliphatic carbocycles.